The van der Waals surface area contributed by atoms with Gasteiger partial charge < -0.3 is 5.73 Å². The Bertz CT molecular complexity index is 994. The highest BCUT2D eigenvalue weighted by Crippen LogP contribution is 2.33. The molecule has 0 aliphatic rings. The van der Waals surface area contributed by atoms with Gasteiger partial charge in [-0.05, 0) is 30.3 Å². The number of nitrogens with zero attached hydrogens (tertiary/aromatic N) is 3. The van der Waals surface area contributed by atoms with Crippen LogP contribution < -0.4 is 11.1 Å². The number of hydrogen-bond acceptors (Lipinski definition) is 5. The summed E-state index contributed by atoms with van der Waals surface area (Å²) in [5.74, 6) is -0.0794. The lowest BCUT2D eigenvalue weighted by Crippen LogP contribution is -2.36. The average molecular weight is 422 g/mol. The molecule has 3 amide bonds. The fraction of sp³-hybridized carbons (Fsp3) is 0.0588. The second-order valence-electron chi connectivity index (χ2n) is 5.30. The molecule has 2 aromatic carbocycles. The van der Waals surface area contributed by atoms with E-state index in [1.807, 2.05) is 35.6 Å². The van der Waals surface area contributed by atoms with Gasteiger partial charge in [0.15, 0.2) is 11.0 Å². The van der Waals surface area contributed by atoms with Crippen LogP contribution in [-0.4, -0.2) is 32.5 Å². The van der Waals surface area contributed by atoms with Crippen LogP contribution in [0.25, 0.3) is 17.1 Å². The number of halogens is 2. The van der Waals surface area contributed by atoms with Gasteiger partial charge in [-0.1, -0.05) is 53.2 Å². The Morgan fingerprint density at radius 3 is 2.52 bits per heavy atom. The van der Waals surface area contributed by atoms with Crippen molar-refractivity contribution in [3.63, 3.8) is 0 Å². The minimum atomic E-state index is -0.904. The van der Waals surface area contributed by atoms with Crippen molar-refractivity contribution in [2.24, 2.45) is 5.73 Å². The minimum absolute atomic E-state index is 0.0533. The van der Waals surface area contributed by atoms with Gasteiger partial charge in [-0.2, -0.15) is 0 Å². The molecule has 0 aliphatic carbocycles. The first-order chi connectivity index (χ1) is 13.0. The number of carbonyl (C=O) groups is 2. The van der Waals surface area contributed by atoms with E-state index in [0.717, 1.165) is 17.4 Å². The number of rotatable bonds is 5. The summed E-state index contributed by atoms with van der Waals surface area (Å²) in [4.78, 5) is 22.5. The van der Waals surface area contributed by atoms with Crippen LogP contribution in [0.5, 0.6) is 0 Å². The number of hydrogen-bond donors (Lipinski definition) is 2. The Morgan fingerprint density at radius 1 is 1.11 bits per heavy atom. The maximum absolute atomic E-state index is 11.7. The first-order valence-corrected chi connectivity index (χ1v) is 9.38. The fourth-order valence-corrected chi connectivity index (χ4v) is 3.57. The number of benzene rings is 2. The molecule has 0 fully saturated rings. The summed E-state index contributed by atoms with van der Waals surface area (Å²) in [5, 5.41) is 11.8. The van der Waals surface area contributed by atoms with Crippen LogP contribution in [0.2, 0.25) is 10.0 Å². The van der Waals surface area contributed by atoms with Gasteiger partial charge in [0.2, 0.25) is 5.91 Å². The molecule has 0 saturated heterocycles. The van der Waals surface area contributed by atoms with Crippen molar-refractivity contribution >= 4 is 46.9 Å². The zero-order chi connectivity index (χ0) is 19.4. The van der Waals surface area contributed by atoms with E-state index in [1.54, 1.807) is 22.8 Å². The third-order valence-corrected chi connectivity index (χ3v) is 4.89. The number of urea groups is 1. The molecular formula is C17H13Cl2N5O2S. The molecular weight excluding hydrogens is 409 g/mol. The molecule has 3 N–H and O–H groups in total. The van der Waals surface area contributed by atoms with E-state index in [4.69, 9.17) is 28.9 Å². The van der Waals surface area contributed by atoms with Gasteiger partial charge in [0, 0.05) is 16.3 Å². The van der Waals surface area contributed by atoms with Crippen molar-refractivity contribution in [2.75, 3.05) is 5.75 Å². The molecule has 10 heteroatoms. The number of nitrogens with two attached hydrogens (primary N) is 1. The lowest BCUT2D eigenvalue weighted by atomic mass is 10.2. The third kappa shape index (κ3) is 4.60. The number of imide groups is 1. The summed E-state index contributed by atoms with van der Waals surface area (Å²) in [6.45, 7) is 0. The van der Waals surface area contributed by atoms with E-state index in [0.29, 0.717) is 26.6 Å². The van der Waals surface area contributed by atoms with Crippen LogP contribution in [-0.2, 0) is 4.79 Å². The molecule has 7 nitrogen and oxygen atoms in total. The first-order valence-electron chi connectivity index (χ1n) is 7.64. The molecule has 0 bridgehead atoms. The maximum Gasteiger partial charge on any atom is 0.318 e. The van der Waals surface area contributed by atoms with Crippen LogP contribution >= 0.6 is 35.0 Å². The van der Waals surface area contributed by atoms with Crippen molar-refractivity contribution in [1.82, 2.24) is 20.1 Å². The van der Waals surface area contributed by atoms with Gasteiger partial charge in [0.25, 0.3) is 0 Å². The van der Waals surface area contributed by atoms with Crippen molar-refractivity contribution in [2.45, 2.75) is 5.16 Å². The summed E-state index contributed by atoms with van der Waals surface area (Å²) in [7, 11) is 0. The normalized spacial score (nSPS) is 10.6. The summed E-state index contributed by atoms with van der Waals surface area (Å²) < 4.78 is 1.78. The standard InChI is InChI=1S/C17H13Cl2N5O2S/c18-10-6-7-12(13(19)8-10)15-22-23-17(27-9-14(25)21-16(20)26)24(15)11-4-2-1-3-5-11/h1-8H,9H2,(H3,20,21,25,26). The Labute approximate surface area is 168 Å². The minimum Gasteiger partial charge on any atom is -0.351 e. The summed E-state index contributed by atoms with van der Waals surface area (Å²) in [5.41, 5.74) is 6.39. The van der Waals surface area contributed by atoms with E-state index in [9.17, 15) is 9.59 Å². The predicted octanol–water partition coefficient (Wildman–Crippen LogP) is 3.53. The van der Waals surface area contributed by atoms with Crippen LogP contribution in [0.4, 0.5) is 4.79 Å². The van der Waals surface area contributed by atoms with Gasteiger partial charge in [-0.15, -0.1) is 10.2 Å². The van der Waals surface area contributed by atoms with Gasteiger partial charge in [-0.3, -0.25) is 14.7 Å². The number of primary amides is 1. The van der Waals surface area contributed by atoms with Crippen LogP contribution in [0.1, 0.15) is 0 Å². The highest BCUT2D eigenvalue weighted by molar-refractivity contribution is 7.99. The molecule has 3 rings (SSSR count). The van der Waals surface area contributed by atoms with Crippen molar-refractivity contribution in [3.8, 4) is 17.1 Å². The highest BCUT2D eigenvalue weighted by Gasteiger charge is 2.19. The lowest BCUT2D eigenvalue weighted by molar-refractivity contribution is -0.117. The van der Waals surface area contributed by atoms with Gasteiger partial charge in [0.1, 0.15) is 0 Å². The van der Waals surface area contributed by atoms with E-state index < -0.39 is 11.9 Å². The zero-order valence-electron chi connectivity index (χ0n) is 13.7. The monoisotopic (exact) mass is 421 g/mol. The first kappa shape index (κ1) is 19.2. The molecule has 1 heterocycles. The Hall–Kier alpha value is -2.55. The van der Waals surface area contributed by atoms with E-state index in [-0.39, 0.29) is 5.75 Å². The smallest absolute Gasteiger partial charge is 0.318 e. The zero-order valence-corrected chi connectivity index (χ0v) is 16.1. The summed E-state index contributed by atoms with van der Waals surface area (Å²) >= 11 is 13.4. The predicted molar refractivity (Wildman–Crippen MR) is 105 cm³/mol. The SMILES string of the molecule is NC(=O)NC(=O)CSc1nnc(-c2ccc(Cl)cc2Cl)n1-c1ccccc1. The lowest BCUT2D eigenvalue weighted by Gasteiger charge is -2.11. The second kappa shape index (κ2) is 8.43. The van der Waals surface area contributed by atoms with Gasteiger partial charge in [0.05, 0.1) is 10.8 Å². The molecule has 1 aromatic heterocycles. The largest absolute Gasteiger partial charge is 0.351 e. The van der Waals surface area contributed by atoms with E-state index in [1.165, 1.54) is 0 Å². The summed E-state index contributed by atoms with van der Waals surface area (Å²) in [6.07, 6.45) is 0. The van der Waals surface area contributed by atoms with Crippen LogP contribution in [0.3, 0.4) is 0 Å². The number of thioether (sulfide) groups is 1. The number of carbonyl (C=O) groups excluding carboxylic acids is 2. The quantitative estimate of drug-likeness (QED) is 0.613. The van der Waals surface area contributed by atoms with Crippen molar-refractivity contribution < 1.29 is 9.59 Å². The Kier molecular flexibility index (Phi) is 6.00. The second-order valence-corrected chi connectivity index (χ2v) is 7.09. The third-order valence-electron chi connectivity index (χ3n) is 3.41. The Balaban J connectivity index is 2.01. The molecule has 27 heavy (non-hydrogen) atoms. The van der Waals surface area contributed by atoms with Gasteiger partial charge >= 0.3 is 6.03 Å². The topological polar surface area (TPSA) is 103 Å². The molecule has 138 valence electrons. The average Bonchev–Trinajstić information content (AvgIpc) is 3.04. The highest BCUT2D eigenvalue weighted by atomic mass is 35.5. The maximum atomic E-state index is 11.7. The van der Waals surface area contributed by atoms with E-state index in [2.05, 4.69) is 10.2 Å². The van der Waals surface area contributed by atoms with Crippen LogP contribution in [0, 0.1) is 0 Å². The Morgan fingerprint density at radius 2 is 1.85 bits per heavy atom. The fourth-order valence-electron chi connectivity index (χ4n) is 2.32. The van der Waals surface area contributed by atoms with Gasteiger partial charge in [-0.25, -0.2) is 4.79 Å². The molecule has 0 radical (unpaired) electrons. The van der Waals surface area contributed by atoms with Crippen LogP contribution in [0.15, 0.2) is 53.7 Å². The van der Waals surface area contributed by atoms with Crippen molar-refractivity contribution in [3.05, 3.63) is 58.6 Å². The van der Waals surface area contributed by atoms with Crippen molar-refractivity contribution in [1.29, 1.82) is 0 Å². The van der Waals surface area contributed by atoms with E-state index >= 15 is 0 Å². The molecule has 0 atom stereocenters. The molecule has 0 spiro atoms. The summed E-state index contributed by atoms with van der Waals surface area (Å²) in [6, 6.07) is 13.6. The number of amides is 3. The number of nitrogens with one attached hydrogen (secondary N) is 1. The molecule has 0 aliphatic heterocycles. The number of para-hydroxylation sites is 1. The molecule has 0 unspecified atom stereocenters. The molecule has 3 aromatic rings. The molecule has 0 saturated carbocycles. The number of aromatic nitrogens is 3.